The molecule has 0 fully saturated rings. The molecule has 0 aliphatic heterocycles. The summed E-state index contributed by atoms with van der Waals surface area (Å²) in [5.41, 5.74) is 1.36. The molecule has 0 bridgehead atoms. The van der Waals surface area contributed by atoms with Gasteiger partial charge in [-0.1, -0.05) is 75.4 Å². The Kier molecular flexibility index (Phi) is 14.4. The van der Waals surface area contributed by atoms with Crippen LogP contribution >= 0.6 is 0 Å². The summed E-state index contributed by atoms with van der Waals surface area (Å²) in [5.74, 6) is -1.05. The highest BCUT2D eigenvalue weighted by Crippen LogP contribution is 2.29. The van der Waals surface area contributed by atoms with Crippen LogP contribution in [-0.4, -0.2) is 28.4 Å². The fourth-order valence-electron chi connectivity index (χ4n) is 4.23. The zero-order valence-corrected chi connectivity index (χ0v) is 22.8. The number of amides is 1. The Balaban J connectivity index is 1.73. The van der Waals surface area contributed by atoms with Crippen LogP contribution in [0.1, 0.15) is 87.8 Å². The number of alkyl halides is 3. The van der Waals surface area contributed by atoms with E-state index in [2.05, 4.69) is 24.4 Å². The van der Waals surface area contributed by atoms with Gasteiger partial charge in [-0.05, 0) is 61.1 Å². The van der Waals surface area contributed by atoms with Gasteiger partial charge in [-0.2, -0.15) is 13.2 Å². The van der Waals surface area contributed by atoms with Gasteiger partial charge in [0.2, 0.25) is 5.91 Å². The van der Waals surface area contributed by atoms with Gasteiger partial charge in [-0.25, -0.2) is 0 Å². The largest absolute Gasteiger partial charge is 0.480 e. The SMILES string of the molecule is CCCC/C=C/CCCCCCCC(=O)Nc1ccc(CN(CC(=O)O)Cc2ccc(C(F)(F)F)cc2)cc1. The Morgan fingerprint density at radius 3 is 1.92 bits per heavy atom. The Morgan fingerprint density at radius 2 is 1.36 bits per heavy atom. The number of unbranched alkanes of at least 4 members (excludes halogenated alkanes) is 7. The first-order chi connectivity index (χ1) is 18.7. The molecule has 8 heteroatoms. The van der Waals surface area contributed by atoms with Crippen molar-refractivity contribution in [3.8, 4) is 0 Å². The molecule has 0 saturated carbocycles. The zero-order valence-electron chi connectivity index (χ0n) is 22.8. The minimum atomic E-state index is -4.42. The predicted octanol–water partition coefficient (Wildman–Crippen LogP) is 8.21. The molecule has 2 rings (SSSR count). The van der Waals surface area contributed by atoms with E-state index in [9.17, 15) is 27.9 Å². The number of carboxylic acids is 1. The average Bonchev–Trinajstić information content (AvgIpc) is 2.88. The molecule has 0 aromatic heterocycles. The average molecular weight is 547 g/mol. The molecule has 0 radical (unpaired) electrons. The van der Waals surface area contributed by atoms with Gasteiger partial charge < -0.3 is 10.4 Å². The van der Waals surface area contributed by atoms with E-state index >= 15 is 0 Å². The van der Waals surface area contributed by atoms with Crippen LogP contribution in [0.5, 0.6) is 0 Å². The Hall–Kier alpha value is -3.13. The number of carbonyl (C=O) groups excluding carboxylic acids is 1. The monoisotopic (exact) mass is 546 g/mol. The van der Waals surface area contributed by atoms with Crippen molar-refractivity contribution in [2.45, 2.75) is 90.4 Å². The number of hydrogen-bond donors (Lipinski definition) is 2. The van der Waals surface area contributed by atoms with Gasteiger partial charge in [0.25, 0.3) is 0 Å². The van der Waals surface area contributed by atoms with Crippen molar-refractivity contribution in [3.63, 3.8) is 0 Å². The molecular formula is C31H41F3N2O3. The van der Waals surface area contributed by atoms with Crippen LogP contribution in [0.3, 0.4) is 0 Å². The van der Waals surface area contributed by atoms with Crippen LogP contribution in [0, 0.1) is 0 Å². The van der Waals surface area contributed by atoms with Crippen LogP contribution < -0.4 is 5.32 Å². The quantitative estimate of drug-likeness (QED) is 0.146. The second-order valence-electron chi connectivity index (χ2n) is 9.90. The standard InChI is InChI=1S/C31H41F3N2O3/c1-2-3-4-5-6-7-8-9-10-11-12-13-29(37)35-28-20-16-26(17-21-28)23-36(24-30(38)39)22-25-14-18-27(19-15-25)31(32,33)34/h5-6,14-21H,2-4,7-13,22-24H2,1H3,(H,35,37)(H,38,39)/b6-5+. The molecule has 5 nitrogen and oxygen atoms in total. The van der Waals surface area contributed by atoms with Crippen molar-refractivity contribution < 1.29 is 27.9 Å². The maximum absolute atomic E-state index is 12.8. The van der Waals surface area contributed by atoms with Crippen LogP contribution in [0.2, 0.25) is 0 Å². The molecule has 0 spiro atoms. The lowest BCUT2D eigenvalue weighted by atomic mass is 10.1. The van der Waals surface area contributed by atoms with Gasteiger partial charge >= 0.3 is 12.1 Å². The van der Waals surface area contributed by atoms with E-state index in [1.54, 1.807) is 17.0 Å². The highest BCUT2D eigenvalue weighted by atomic mass is 19.4. The number of carbonyl (C=O) groups is 2. The summed E-state index contributed by atoms with van der Waals surface area (Å²) in [6, 6.07) is 11.9. The van der Waals surface area contributed by atoms with E-state index in [0.717, 1.165) is 43.4 Å². The molecule has 0 saturated heterocycles. The lowest BCUT2D eigenvalue weighted by molar-refractivity contribution is -0.139. The van der Waals surface area contributed by atoms with E-state index in [4.69, 9.17) is 0 Å². The van der Waals surface area contributed by atoms with Crippen molar-refractivity contribution in [2.24, 2.45) is 0 Å². The number of nitrogens with one attached hydrogen (secondary N) is 1. The molecule has 0 heterocycles. The summed E-state index contributed by atoms with van der Waals surface area (Å²) in [6.07, 6.45) is 10.8. The first kappa shape index (κ1) is 32.1. The maximum Gasteiger partial charge on any atom is 0.416 e. The Bertz CT molecular complexity index is 1020. The zero-order chi connectivity index (χ0) is 28.5. The number of benzene rings is 2. The van der Waals surface area contributed by atoms with Crippen molar-refractivity contribution in [3.05, 3.63) is 77.4 Å². The molecule has 0 atom stereocenters. The molecule has 39 heavy (non-hydrogen) atoms. The number of hydrogen-bond acceptors (Lipinski definition) is 3. The number of halogens is 3. The number of nitrogens with zero attached hydrogens (tertiary/aromatic N) is 1. The van der Waals surface area contributed by atoms with Crippen LogP contribution in [0.25, 0.3) is 0 Å². The number of allylic oxidation sites excluding steroid dienone is 2. The fourth-order valence-corrected chi connectivity index (χ4v) is 4.23. The first-order valence-corrected chi connectivity index (χ1v) is 13.8. The van der Waals surface area contributed by atoms with Crippen molar-refractivity contribution in [1.82, 2.24) is 4.90 Å². The van der Waals surface area contributed by atoms with E-state index < -0.39 is 17.7 Å². The predicted molar refractivity (Wildman–Crippen MR) is 149 cm³/mol. The summed E-state index contributed by atoms with van der Waals surface area (Å²) >= 11 is 0. The Labute approximate surface area is 230 Å². The van der Waals surface area contributed by atoms with Gasteiger partial charge in [0, 0.05) is 25.2 Å². The number of aliphatic carboxylic acids is 1. The molecule has 0 unspecified atom stereocenters. The fraction of sp³-hybridized carbons (Fsp3) is 0.484. The van der Waals surface area contributed by atoms with Crippen molar-refractivity contribution >= 4 is 17.6 Å². The normalized spacial score (nSPS) is 11.8. The van der Waals surface area contributed by atoms with Crippen LogP contribution in [0.15, 0.2) is 60.7 Å². The number of rotatable bonds is 18. The molecule has 0 aliphatic rings. The first-order valence-electron chi connectivity index (χ1n) is 13.8. The lowest BCUT2D eigenvalue weighted by Crippen LogP contribution is -2.29. The minimum Gasteiger partial charge on any atom is -0.480 e. The van der Waals surface area contributed by atoms with Gasteiger partial charge in [0.1, 0.15) is 0 Å². The van der Waals surface area contributed by atoms with Crippen molar-refractivity contribution in [2.75, 3.05) is 11.9 Å². The van der Waals surface area contributed by atoms with E-state index in [1.807, 2.05) is 12.1 Å². The van der Waals surface area contributed by atoms with Gasteiger partial charge in [0.05, 0.1) is 12.1 Å². The molecule has 0 aliphatic carbocycles. The minimum absolute atomic E-state index is 0.0311. The number of carboxylic acid groups (broad SMARTS) is 1. The summed E-state index contributed by atoms with van der Waals surface area (Å²) in [4.78, 5) is 25.3. The third-order valence-electron chi connectivity index (χ3n) is 6.36. The summed E-state index contributed by atoms with van der Waals surface area (Å²) < 4.78 is 38.4. The topological polar surface area (TPSA) is 69.6 Å². The van der Waals surface area contributed by atoms with Gasteiger partial charge in [-0.15, -0.1) is 0 Å². The third-order valence-corrected chi connectivity index (χ3v) is 6.36. The molecule has 214 valence electrons. The molecule has 1 amide bonds. The molecular weight excluding hydrogens is 505 g/mol. The Morgan fingerprint density at radius 1 is 0.821 bits per heavy atom. The van der Waals surface area contributed by atoms with Gasteiger partial charge in [-0.3, -0.25) is 14.5 Å². The highest BCUT2D eigenvalue weighted by molar-refractivity contribution is 5.90. The smallest absolute Gasteiger partial charge is 0.416 e. The van der Waals surface area contributed by atoms with Crippen LogP contribution in [-0.2, 0) is 28.9 Å². The second-order valence-corrected chi connectivity index (χ2v) is 9.90. The van der Waals surface area contributed by atoms with Crippen molar-refractivity contribution in [1.29, 1.82) is 0 Å². The summed E-state index contributed by atoms with van der Waals surface area (Å²) in [6.45, 7) is 2.44. The second kappa shape index (κ2) is 17.5. The van der Waals surface area contributed by atoms with Gasteiger partial charge in [0.15, 0.2) is 0 Å². The van der Waals surface area contributed by atoms with E-state index in [-0.39, 0.29) is 19.0 Å². The van der Waals surface area contributed by atoms with E-state index in [0.29, 0.717) is 24.2 Å². The summed E-state index contributed by atoms with van der Waals surface area (Å²) in [5, 5.41) is 12.2. The number of anilines is 1. The molecule has 2 aromatic carbocycles. The molecule has 2 N–H and O–H groups in total. The highest BCUT2D eigenvalue weighted by Gasteiger charge is 2.30. The maximum atomic E-state index is 12.8. The third kappa shape index (κ3) is 14.0. The summed E-state index contributed by atoms with van der Waals surface area (Å²) in [7, 11) is 0. The molecule has 2 aromatic rings. The van der Waals surface area contributed by atoms with Crippen LogP contribution in [0.4, 0.5) is 18.9 Å². The van der Waals surface area contributed by atoms with E-state index in [1.165, 1.54) is 44.2 Å². The lowest BCUT2D eigenvalue weighted by Gasteiger charge is -2.21.